The minimum Gasteiger partial charge on any atom is -0.433 e. The molecule has 1 amide bonds. The van der Waals surface area contributed by atoms with Gasteiger partial charge in [0.25, 0.3) is 5.91 Å². The largest absolute Gasteiger partial charge is 0.433 e. The van der Waals surface area contributed by atoms with E-state index in [1.54, 1.807) is 6.20 Å². The summed E-state index contributed by atoms with van der Waals surface area (Å²) >= 11 is 0. The van der Waals surface area contributed by atoms with Crippen LogP contribution < -0.4 is 10.1 Å². The van der Waals surface area contributed by atoms with Crippen LogP contribution in [0.4, 0.5) is 27.6 Å². The molecule has 0 unspecified atom stereocenters. The number of alkyl halides is 5. The second-order valence-electron chi connectivity index (χ2n) is 8.34. The van der Waals surface area contributed by atoms with Gasteiger partial charge < -0.3 is 10.1 Å². The van der Waals surface area contributed by atoms with Crippen LogP contribution in [0.1, 0.15) is 61.3 Å². The third-order valence-corrected chi connectivity index (χ3v) is 6.13. The van der Waals surface area contributed by atoms with Crippen molar-refractivity contribution < 1.29 is 31.5 Å². The molecule has 1 aliphatic carbocycles. The summed E-state index contributed by atoms with van der Waals surface area (Å²) in [4.78, 5) is 15.9. The summed E-state index contributed by atoms with van der Waals surface area (Å²) in [6.07, 6.45) is 2.26. The zero-order chi connectivity index (χ0) is 24.5. The van der Waals surface area contributed by atoms with Gasteiger partial charge in [0.05, 0.1) is 17.2 Å². The molecule has 1 aromatic carbocycles. The van der Waals surface area contributed by atoms with Gasteiger partial charge in [-0.05, 0) is 49.8 Å². The monoisotopic (exact) mass is 482 g/mol. The van der Waals surface area contributed by atoms with Gasteiger partial charge in [0.1, 0.15) is 11.4 Å². The smallest absolute Gasteiger partial charge is 0.433 e. The van der Waals surface area contributed by atoms with Crippen molar-refractivity contribution in [3.63, 3.8) is 0 Å². The molecule has 0 saturated heterocycles. The van der Waals surface area contributed by atoms with Crippen molar-refractivity contribution in [3.05, 3.63) is 47.9 Å². The van der Waals surface area contributed by atoms with E-state index in [0.29, 0.717) is 16.8 Å². The second-order valence-corrected chi connectivity index (χ2v) is 8.34. The Morgan fingerprint density at radius 2 is 1.94 bits per heavy atom. The molecular formula is C23H23F5N4O2. The van der Waals surface area contributed by atoms with Crippen LogP contribution in [-0.2, 0) is 6.18 Å². The van der Waals surface area contributed by atoms with Gasteiger partial charge in [-0.3, -0.25) is 9.48 Å². The molecule has 1 aliphatic rings. The number of rotatable bonds is 6. The quantitative estimate of drug-likeness (QED) is 0.410. The Kier molecular flexibility index (Phi) is 6.72. The lowest BCUT2D eigenvalue weighted by Gasteiger charge is -2.27. The number of halogens is 5. The molecule has 3 aromatic rings. The number of nitrogens with one attached hydrogen (secondary N) is 1. The topological polar surface area (TPSA) is 69.0 Å². The van der Waals surface area contributed by atoms with Crippen LogP contribution in [0, 0.1) is 5.92 Å². The molecule has 0 bridgehead atoms. The molecule has 0 spiro atoms. The molecule has 11 heteroatoms. The number of ether oxygens (including phenoxy) is 1. The van der Waals surface area contributed by atoms with Crippen molar-refractivity contribution in [2.24, 2.45) is 5.92 Å². The van der Waals surface area contributed by atoms with E-state index in [0.717, 1.165) is 50.3 Å². The molecule has 1 N–H and O–H groups in total. The fourth-order valence-corrected chi connectivity index (χ4v) is 4.27. The number of amides is 1. The molecule has 6 nitrogen and oxygen atoms in total. The molecule has 2 aromatic heterocycles. The number of pyridine rings is 1. The van der Waals surface area contributed by atoms with Crippen LogP contribution in [0.5, 0.6) is 5.75 Å². The fourth-order valence-electron chi connectivity index (χ4n) is 4.27. The fraction of sp³-hybridized carbons (Fsp3) is 0.435. The SMILES string of the molecule is CCC1CCC(n2cc3cc(NC(=O)c4cccc(C(F)(F)F)n4)c(OC(F)F)cc3n2)CC1. The van der Waals surface area contributed by atoms with Gasteiger partial charge in [0.15, 0.2) is 5.75 Å². The number of aromatic nitrogens is 3. The van der Waals surface area contributed by atoms with Gasteiger partial charge in [-0.1, -0.05) is 19.4 Å². The molecule has 182 valence electrons. The van der Waals surface area contributed by atoms with Gasteiger partial charge in [0, 0.05) is 17.6 Å². The third kappa shape index (κ3) is 5.28. The maximum absolute atomic E-state index is 13.0. The van der Waals surface area contributed by atoms with E-state index in [1.165, 1.54) is 12.1 Å². The molecule has 4 rings (SSSR count). The summed E-state index contributed by atoms with van der Waals surface area (Å²) in [5.74, 6) is -0.642. The number of anilines is 1. The Balaban J connectivity index is 1.62. The highest BCUT2D eigenvalue weighted by molar-refractivity contribution is 6.05. The van der Waals surface area contributed by atoms with E-state index >= 15 is 0 Å². The predicted octanol–water partition coefficient (Wildman–Crippen LogP) is 6.45. The highest BCUT2D eigenvalue weighted by Crippen LogP contribution is 2.36. The van der Waals surface area contributed by atoms with Gasteiger partial charge in [-0.25, -0.2) is 4.98 Å². The molecule has 0 atom stereocenters. The number of hydrogen-bond acceptors (Lipinski definition) is 4. The zero-order valence-corrected chi connectivity index (χ0v) is 18.3. The molecule has 34 heavy (non-hydrogen) atoms. The van der Waals surface area contributed by atoms with Crippen molar-refractivity contribution in [2.45, 2.75) is 57.9 Å². The lowest BCUT2D eigenvalue weighted by atomic mass is 9.85. The summed E-state index contributed by atoms with van der Waals surface area (Å²) < 4.78 is 71.2. The molecular weight excluding hydrogens is 459 g/mol. The highest BCUT2D eigenvalue weighted by atomic mass is 19.4. The summed E-state index contributed by atoms with van der Waals surface area (Å²) in [6, 6.07) is 5.76. The van der Waals surface area contributed by atoms with Crippen LogP contribution in [-0.4, -0.2) is 27.3 Å². The van der Waals surface area contributed by atoms with Gasteiger partial charge in [-0.15, -0.1) is 0 Å². The Morgan fingerprint density at radius 1 is 1.21 bits per heavy atom. The second kappa shape index (κ2) is 9.55. The summed E-state index contributed by atoms with van der Waals surface area (Å²) in [5.41, 5.74) is -1.46. The normalized spacial score (nSPS) is 18.9. The lowest BCUT2D eigenvalue weighted by Crippen LogP contribution is -2.18. The third-order valence-electron chi connectivity index (χ3n) is 6.13. The van der Waals surface area contributed by atoms with E-state index in [1.807, 2.05) is 4.68 Å². The van der Waals surface area contributed by atoms with Crippen molar-refractivity contribution in [1.82, 2.24) is 14.8 Å². The van der Waals surface area contributed by atoms with Crippen molar-refractivity contribution >= 4 is 22.5 Å². The first-order valence-electron chi connectivity index (χ1n) is 11.0. The summed E-state index contributed by atoms with van der Waals surface area (Å²) in [5, 5.41) is 7.43. The average molecular weight is 482 g/mol. The van der Waals surface area contributed by atoms with Gasteiger partial charge in [-0.2, -0.15) is 27.1 Å². The standard InChI is InChI=1S/C23H23F5N4O2/c1-2-13-6-8-15(9-7-13)32-12-14-10-18(19(34-22(24)25)11-17(14)31-32)30-21(33)16-4-3-5-20(29-16)23(26,27)28/h3-5,10-13,15,22H,2,6-9H2,1H3,(H,30,33). The zero-order valence-electron chi connectivity index (χ0n) is 18.3. The number of fused-ring (bicyclic) bond motifs is 1. The Labute approximate surface area is 192 Å². The average Bonchev–Trinajstić information content (AvgIpc) is 3.21. The Morgan fingerprint density at radius 3 is 2.59 bits per heavy atom. The maximum atomic E-state index is 13.0. The Hall–Kier alpha value is -3.24. The molecule has 2 heterocycles. The van der Waals surface area contributed by atoms with E-state index in [9.17, 15) is 26.7 Å². The predicted molar refractivity (Wildman–Crippen MR) is 115 cm³/mol. The number of nitrogens with zero attached hydrogens (tertiary/aromatic N) is 3. The lowest BCUT2D eigenvalue weighted by molar-refractivity contribution is -0.141. The van der Waals surface area contributed by atoms with E-state index in [4.69, 9.17) is 0 Å². The van der Waals surface area contributed by atoms with Gasteiger partial charge >= 0.3 is 12.8 Å². The minimum absolute atomic E-state index is 0.119. The molecule has 1 saturated carbocycles. The van der Waals surface area contributed by atoms with Crippen LogP contribution in [0.15, 0.2) is 36.5 Å². The van der Waals surface area contributed by atoms with E-state index in [2.05, 4.69) is 27.1 Å². The van der Waals surface area contributed by atoms with Crippen molar-refractivity contribution in [3.8, 4) is 5.75 Å². The number of hydrogen-bond donors (Lipinski definition) is 1. The first-order valence-corrected chi connectivity index (χ1v) is 11.0. The van der Waals surface area contributed by atoms with Crippen molar-refractivity contribution in [2.75, 3.05) is 5.32 Å². The minimum atomic E-state index is -4.73. The summed E-state index contributed by atoms with van der Waals surface area (Å²) in [6.45, 7) is -1.01. The molecule has 1 fully saturated rings. The van der Waals surface area contributed by atoms with Crippen LogP contribution in [0.3, 0.4) is 0 Å². The number of carbonyl (C=O) groups is 1. The number of carbonyl (C=O) groups excluding carboxylic acids is 1. The van der Waals surface area contributed by atoms with Gasteiger partial charge in [0.2, 0.25) is 0 Å². The van der Waals surface area contributed by atoms with Crippen LogP contribution in [0.25, 0.3) is 10.9 Å². The molecule has 0 aliphatic heterocycles. The van der Waals surface area contributed by atoms with Crippen molar-refractivity contribution in [1.29, 1.82) is 0 Å². The molecule has 0 radical (unpaired) electrons. The number of benzene rings is 1. The maximum Gasteiger partial charge on any atom is 0.433 e. The highest BCUT2D eigenvalue weighted by Gasteiger charge is 2.33. The van der Waals surface area contributed by atoms with E-state index in [-0.39, 0.29) is 17.5 Å². The summed E-state index contributed by atoms with van der Waals surface area (Å²) in [7, 11) is 0. The first-order chi connectivity index (χ1) is 16.1. The Bertz CT molecular complexity index is 1170. The van der Waals surface area contributed by atoms with Crippen LogP contribution in [0.2, 0.25) is 0 Å². The first kappa shape index (κ1) is 23.9. The van der Waals surface area contributed by atoms with E-state index < -0.39 is 30.1 Å². The van der Waals surface area contributed by atoms with Crippen LogP contribution >= 0.6 is 0 Å².